The molecule has 0 saturated carbocycles. The molecule has 0 atom stereocenters. The van der Waals surface area contributed by atoms with Crippen LogP contribution in [0.4, 0.5) is 5.82 Å². The molecule has 0 bridgehead atoms. The zero-order valence-electron chi connectivity index (χ0n) is 10.7. The molecule has 6 heteroatoms. The summed E-state index contributed by atoms with van der Waals surface area (Å²) in [5.74, 6) is 0.719. The molecule has 6 nitrogen and oxygen atoms in total. The van der Waals surface area contributed by atoms with Crippen LogP contribution in [0.1, 0.15) is 19.5 Å². The number of aliphatic hydroxyl groups is 1. The second-order valence-corrected chi connectivity index (χ2v) is 4.01. The molecular weight excluding hydrogens is 232 g/mol. The first-order valence-electron chi connectivity index (χ1n) is 5.88. The Bertz CT molecular complexity index is 386. The van der Waals surface area contributed by atoms with Crippen LogP contribution < -0.4 is 4.90 Å². The lowest BCUT2D eigenvalue weighted by atomic mass is 10.3. The molecule has 0 amide bonds. The van der Waals surface area contributed by atoms with Gasteiger partial charge in [-0.05, 0) is 26.0 Å². The molecule has 18 heavy (non-hydrogen) atoms. The van der Waals surface area contributed by atoms with Crippen molar-refractivity contribution in [2.75, 3.05) is 31.3 Å². The van der Waals surface area contributed by atoms with Crippen LogP contribution in [-0.2, 0) is 4.74 Å². The van der Waals surface area contributed by atoms with Crippen LogP contribution in [-0.4, -0.2) is 47.7 Å². The van der Waals surface area contributed by atoms with E-state index >= 15 is 0 Å². The topological polar surface area (TPSA) is 82.3 Å². The number of anilines is 1. The third kappa shape index (κ3) is 4.28. The molecule has 1 N–H and O–H groups in total. The molecule has 1 heterocycles. The molecule has 0 aliphatic heterocycles. The van der Waals surface area contributed by atoms with Gasteiger partial charge in [0.2, 0.25) is 0 Å². The minimum absolute atomic E-state index is 0.0261. The van der Waals surface area contributed by atoms with E-state index in [1.165, 1.54) is 0 Å². The first-order chi connectivity index (χ1) is 8.69. The highest BCUT2D eigenvalue weighted by molar-refractivity contribution is 5.39. The predicted molar refractivity (Wildman–Crippen MR) is 67.1 cm³/mol. The van der Waals surface area contributed by atoms with Gasteiger partial charge in [0.25, 0.3) is 0 Å². The Labute approximate surface area is 107 Å². The largest absolute Gasteiger partial charge is 0.394 e. The van der Waals surface area contributed by atoms with Crippen LogP contribution >= 0.6 is 0 Å². The van der Waals surface area contributed by atoms with Crippen molar-refractivity contribution in [3.63, 3.8) is 0 Å². The molecule has 0 spiro atoms. The fourth-order valence-electron chi connectivity index (χ4n) is 1.50. The van der Waals surface area contributed by atoms with Gasteiger partial charge in [-0.2, -0.15) is 5.26 Å². The summed E-state index contributed by atoms with van der Waals surface area (Å²) in [4.78, 5) is 2.03. The van der Waals surface area contributed by atoms with Crippen LogP contribution in [0.5, 0.6) is 0 Å². The van der Waals surface area contributed by atoms with Crippen molar-refractivity contribution in [3.8, 4) is 6.07 Å². The average Bonchev–Trinajstić information content (AvgIpc) is 2.39. The van der Waals surface area contributed by atoms with E-state index in [1.807, 2.05) is 24.8 Å². The first-order valence-corrected chi connectivity index (χ1v) is 5.88. The van der Waals surface area contributed by atoms with Gasteiger partial charge in [-0.3, -0.25) is 0 Å². The summed E-state index contributed by atoms with van der Waals surface area (Å²) in [6.45, 7) is 5.64. The number of aromatic nitrogens is 2. The van der Waals surface area contributed by atoms with Crippen molar-refractivity contribution in [3.05, 3.63) is 17.8 Å². The van der Waals surface area contributed by atoms with Crippen LogP contribution in [0, 0.1) is 11.3 Å². The predicted octanol–water partition coefficient (Wildman–Crippen LogP) is 0.572. The normalized spacial score (nSPS) is 10.4. The van der Waals surface area contributed by atoms with Gasteiger partial charge in [-0.25, -0.2) is 0 Å². The molecule has 0 aromatic carbocycles. The zero-order chi connectivity index (χ0) is 13.4. The minimum Gasteiger partial charge on any atom is -0.394 e. The van der Waals surface area contributed by atoms with Gasteiger partial charge in [0.15, 0.2) is 11.5 Å². The van der Waals surface area contributed by atoms with Gasteiger partial charge in [-0.15, -0.1) is 10.2 Å². The highest BCUT2D eigenvalue weighted by Crippen LogP contribution is 2.12. The van der Waals surface area contributed by atoms with E-state index in [9.17, 15) is 0 Å². The van der Waals surface area contributed by atoms with Crippen LogP contribution in [0.15, 0.2) is 12.1 Å². The second-order valence-electron chi connectivity index (χ2n) is 4.01. The van der Waals surface area contributed by atoms with E-state index in [4.69, 9.17) is 15.1 Å². The number of nitriles is 1. The quantitative estimate of drug-likeness (QED) is 0.712. The molecule has 1 aromatic rings. The lowest BCUT2D eigenvalue weighted by molar-refractivity contribution is 0.0960. The van der Waals surface area contributed by atoms with Crippen molar-refractivity contribution < 1.29 is 9.84 Å². The summed E-state index contributed by atoms with van der Waals surface area (Å²) in [6.07, 6.45) is 0. The van der Waals surface area contributed by atoms with Gasteiger partial charge in [0, 0.05) is 12.6 Å². The van der Waals surface area contributed by atoms with Gasteiger partial charge in [0.05, 0.1) is 19.8 Å². The molecular formula is C12H18N4O2. The second kappa shape index (κ2) is 7.58. The van der Waals surface area contributed by atoms with E-state index in [0.29, 0.717) is 25.5 Å². The molecule has 1 rings (SSSR count). The summed E-state index contributed by atoms with van der Waals surface area (Å²) in [5, 5.41) is 25.1. The van der Waals surface area contributed by atoms with E-state index in [2.05, 4.69) is 10.2 Å². The summed E-state index contributed by atoms with van der Waals surface area (Å²) < 4.78 is 5.24. The summed E-state index contributed by atoms with van der Waals surface area (Å²) >= 11 is 0. The monoisotopic (exact) mass is 250 g/mol. The molecule has 0 aliphatic carbocycles. The SMILES string of the molecule is CC(C)N(CCOCCO)c1ccc(C#N)nn1. The summed E-state index contributed by atoms with van der Waals surface area (Å²) in [6, 6.07) is 5.61. The van der Waals surface area contributed by atoms with E-state index in [0.717, 1.165) is 5.82 Å². The minimum atomic E-state index is 0.0261. The molecule has 0 aliphatic rings. The van der Waals surface area contributed by atoms with Gasteiger partial charge in [-0.1, -0.05) is 0 Å². The Morgan fingerprint density at radius 3 is 2.67 bits per heavy atom. The summed E-state index contributed by atoms with van der Waals surface area (Å²) in [7, 11) is 0. The fraction of sp³-hybridized carbons (Fsp3) is 0.583. The number of hydrogen-bond donors (Lipinski definition) is 1. The average molecular weight is 250 g/mol. The van der Waals surface area contributed by atoms with Gasteiger partial charge < -0.3 is 14.7 Å². The number of nitrogens with zero attached hydrogens (tertiary/aromatic N) is 4. The standard InChI is InChI=1S/C12H18N4O2/c1-10(2)16(5-7-18-8-6-17)12-4-3-11(9-13)14-15-12/h3-4,10,17H,5-8H2,1-2H3. The summed E-state index contributed by atoms with van der Waals surface area (Å²) in [5.41, 5.74) is 0.305. The molecule has 0 fully saturated rings. The van der Waals surface area contributed by atoms with Gasteiger partial charge >= 0.3 is 0 Å². The Morgan fingerprint density at radius 1 is 1.39 bits per heavy atom. The number of hydrogen-bond acceptors (Lipinski definition) is 6. The van der Waals surface area contributed by atoms with E-state index in [-0.39, 0.29) is 12.6 Å². The lowest BCUT2D eigenvalue weighted by Gasteiger charge is -2.27. The van der Waals surface area contributed by atoms with Crippen molar-refractivity contribution in [2.24, 2.45) is 0 Å². The van der Waals surface area contributed by atoms with Crippen LogP contribution in [0.3, 0.4) is 0 Å². The molecule has 98 valence electrons. The van der Waals surface area contributed by atoms with E-state index < -0.39 is 0 Å². The van der Waals surface area contributed by atoms with Gasteiger partial charge in [0.1, 0.15) is 6.07 Å². The Balaban J connectivity index is 2.63. The van der Waals surface area contributed by atoms with Crippen molar-refractivity contribution >= 4 is 5.82 Å². The number of ether oxygens (including phenoxy) is 1. The molecule has 0 unspecified atom stereocenters. The molecule has 0 saturated heterocycles. The first kappa shape index (κ1) is 14.4. The van der Waals surface area contributed by atoms with Crippen LogP contribution in [0.2, 0.25) is 0 Å². The Morgan fingerprint density at radius 2 is 2.17 bits per heavy atom. The Hall–Kier alpha value is -1.71. The highest BCUT2D eigenvalue weighted by atomic mass is 16.5. The molecule has 0 radical (unpaired) electrons. The third-order valence-electron chi connectivity index (χ3n) is 2.39. The van der Waals surface area contributed by atoms with Crippen LogP contribution in [0.25, 0.3) is 0 Å². The maximum absolute atomic E-state index is 8.67. The zero-order valence-corrected chi connectivity index (χ0v) is 10.7. The number of rotatable bonds is 7. The fourth-order valence-corrected chi connectivity index (χ4v) is 1.50. The van der Waals surface area contributed by atoms with E-state index in [1.54, 1.807) is 12.1 Å². The maximum atomic E-state index is 8.67. The maximum Gasteiger partial charge on any atom is 0.163 e. The number of aliphatic hydroxyl groups excluding tert-OH is 1. The smallest absolute Gasteiger partial charge is 0.163 e. The lowest BCUT2D eigenvalue weighted by Crippen LogP contribution is -2.35. The highest BCUT2D eigenvalue weighted by Gasteiger charge is 2.12. The van der Waals surface area contributed by atoms with Crippen molar-refractivity contribution in [1.82, 2.24) is 10.2 Å². The molecule has 1 aromatic heterocycles. The third-order valence-corrected chi connectivity index (χ3v) is 2.39. The van der Waals surface area contributed by atoms with Crippen molar-refractivity contribution in [2.45, 2.75) is 19.9 Å². The van der Waals surface area contributed by atoms with Crippen molar-refractivity contribution in [1.29, 1.82) is 5.26 Å². The Kier molecular flexibility index (Phi) is 6.05.